The van der Waals surface area contributed by atoms with Crippen LogP contribution in [0, 0.1) is 0 Å². The molecule has 210 valence electrons. The van der Waals surface area contributed by atoms with Crippen molar-refractivity contribution in [2.75, 3.05) is 29.6 Å². The van der Waals surface area contributed by atoms with Gasteiger partial charge in [0.2, 0.25) is 0 Å². The first-order valence-electron chi connectivity index (χ1n) is 14.5. The van der Waals surface area contributed by atoms with Gasteiger partial charge in [0.25, 0.3) is 0 Å². The molecule has 41 heavy (non-hydrogen) atoms. The molecule has 0 aromatic heterocycles. The minimum atomic E-state index is -1.10. The predicted octanol–water partition coefficient (Wildman–Crippen LogP) is 9.13. The Hall–Kier alpha value is -3.90. The van der Waals surface area contributed by atoms with Gasteiger partial charge in [-0.25, -0.2) is 4.79 Å². The van der Waals surface area contributed by atoms with Crippen LogP contribution in [0.4, 0.5) is 17.1 Å². The lowest BCUT2D eigenvalue weighted by Crippen LogP contribution is -2.33. The van der Waals surface area contributed by atoms with Gasteiger partial charge in [-0.3, -0.25) is 0 Å². The number of carbonyl (C=O) groups is 1. The molecular weight excluding hydrogens is 528 g/mol. The summed E-state index contributed by atoms with van der Waals surface area (Å²) in [5.74, 6) is 1.12. The summed E-state index contributed by atoms with van der Waals surface area (Å²) in [5, 5.41) is 3.58. The molecule has 5 nitrogen and oxygen atoms in total. The first kappa shape index (κ1) is 27.3. The van der Waals surface area contributed by atoms with E-state index < -0.39 is 5.60 Å². The largest absolute Gasteiger partial charge is 0.456 e. The van der Waals surface area contributed by atoms with E-state index in [4.69, 9.17) is 9.47 Å². The van der Waals surface area contributed by atoms with Crippen molar-refractivity contribution >= 4 is 34.8 Å². The van der Waals surface area contributed by atoms with Crippen LogP contribution < -0.4 is 15.0 Å². The van der Waals surface area contributed by atoms with Crippen molar-refractivity contribution in [1.82, 2.24) is 0 Å². The number of rotatable bonds is 10. The van der Waals surface area contributed by atoms with Gasteiger partial charge >= 0.3 is 5.97 Å². The number of ether oxygens (including phenoxy) is 2. The first-order chi connectivity index (χ1) is 20.1. The molecule has 1 atom stereocenters. The third-order valence-corrected chi connectivity index (χ3v) is 8.78. The minimum Gasteiger partial charge on any atom is -0.456 e. The van der Waals surface area contributed by atoms with Gasteiger partial charge in [0.1, 0.15) is 11.5 Å². The third-order valence-electron chi connectivity index (χ3n) is 8.00. The van der Waals surface area contributed by atoms with Crippen molar-refractivity contribution in [1.29, 1.82) is 0 Å². The number of nitrogens with zero attached hydrogens (tertiary/aromatic N) is 1. The summed E-state index contributed by atoms with van der Waals surface area (Å²) in [5.41, 5.74) is 5.07. The van der Waals surface area contributed by atoms with E-state index in [0.717, 1.165) is 83.2 Å². The predicted molar refractivity (Wildman–Crippen MR) is 168 cm³/mol. The normalized spacial score (nSPS) is 16.4. The van der Waals surface area contributed by atoms with Crippen molar-refractivity contribution < 1.29 is 14.3 Å². The van der Waals surface area contributed by atoms with Gasteiger partial charge in [-0.15, -0.1) is 11.8 Å². The van der Waals surface area contributed by atoms with E-state index >= 15 is 0 Å². The van der Waals surface area contributed by atoms with E-state index in [9.17, 15) is 4.79 Å². The average Bonchev–Trinajstić information content (AvgIpc) is 3.30. The molecular formula is C35H36N2O3S. The fraction of sp³-hybridized carbons (Fsp3) is 0.286. The Kier molecular flexibility index (Phi) is 7.67. The molecule has 1 N–H and O–H groups in total. The third kappa shape index (κ3) is 4.84. The Labute approximate surface area is 246 Å². The molecule has 6 rings (SSSR count). The van der Waals surface area contributed by atoms with Crippen LogP contribution in [0.1, 0.15) is 66.6 Å². The minimum absolute atomic E-state index is 0.317. The molecule has 2 aliphatic heterocycles. The van der Waals surface area contributed by atoms with Gasteiger partial charge in [-0.2, -0.15) is 0 Å². The highest BCUT2D eigenvalue weighted by Gasteiger charge is 2.53. The summed E-state index contributed by atoms with van der Waals surface area (Å²) >= 11 is 1.65. The molecule has 0 amide bonds. The van der Waals surface area contributed by atoms with Crippen molar-refractivity contribution in [3.8, 4) is 11.5 Å². The van der Waals surface area contributed by atoms with E-state index in [0.29, 0.717) is 11.3 Å². The van der Waals surface area contributed by atoms with Crippen LogP contribution in [0.25, 0.3) is 0 Å². The lowest BCUT2D eigenvalue weighted by Gasteiger charge is -2.38. The Morgan fingerprint density at radius 1 is 0.805 bits per heavy atom. The monoisotopic (exact) mass is 564 g/mol. The first-order valence-corrected chi connectivity index (χ1v) is 15.8. The van der Waals surface area contributed by atoms with Crippen LogP contribution in [0.2, 0.25) is 0 Å². The molecule has 4 aromatic rings. The highest BCUT2D eigenvalue weighted by molar-refractivity contribution is 7.98. The van der Waals surface area contributed by atoms with Crippen molar-refractivity contribution in [2.45, 2.75) is 50.0 Å². The maximum absolute atomic E-state index is 13.4. The Balaban J connectivity index is 1.53. The van der Waals surface area contributed by atoms with Gasteiger partial charge in [0.05, 0.1) is 11.3 Å². The SMILES string of the molecule is CCCCN(CCCC)c1ccc2c(c1)Oc1cc(SC)c(Nc3ccccc3)cc1C21OC(=O)c2ccccc21. The van der Waals surface area contributed by atoms with Crippen molar-refractivity contribution in [3.63, 3.8) is 0 Å². The summed E-state index contributed by atoms with van der Waals surface area (Å²) in [6.07, 6.45) is 6.61. The molecule has 0 aliphatic carbocycles. The van der Waals surface area contributed by atoms with Crippen LogP contribution in [-0.2, 0) is 10.3 Å². The van der Waals surface area contributed by atoms with Crippen LogP contribution in [-0.4, -0.2) is 25.3 Å². The number of para-hydroxylation sites is 1. The van der Waals surface area contributed by atoms with E-state index in [-0.39, 0.29) is 5.97 Å². The van der Waals surface area contributed by atoms with Gasteiger partial charge in [-0.05, 0) is 61.6 Å². The molecule has 0 saturated heterocycles. The summed E-state index contributed by atoms with van der Waals surface area (Å²) < 4.78 is 13.2. The zero-order chi connectivity index (χ0) is 28.4. The molecule has 2 heterocycles. The van der Waals surface area contributed by atoms with Gasteiger partial charge in [-0.1, -0.05) is 63.1 Å². The van der Waals surface area contributed by atoms with Crippen LogP contribution in [0.5, 0.6) is 11.5 Å². The number of hydrogen-bond donors (Lipinski definition) is 1. The molecule has 0 saturated carbocycles. The number of nitrogens with one attached hydrogen (secondary N) is 1. The highest BCUT2D eigenvalue weighted by Crippen LogP contribution is 2.58. The lowest BCUT2D eigenvalue weighted by molar-refractivity contribution is 0.0224. The second kappa shape index (κ2) is 11.5. The Bertz CT molecular complexity index is 1560. The number of thioether (sulfide) groups is 1. The summed E-state index contributed by atoms with van der Waals surface area (Å²) in [6.45, 7) is 6.45. The number of fused-ring (bicyclic) bond motifs is 6. The zero-order valence-electron chi connectivity index (χ0n) is 23.9. The Morgan fingerprint density at radius 2 is 1.51 bits per heavy atom. The number of esters is 1. The fourth-order valence-corrected chi connectivity index (χ4v) is 6.45. The maximum Gasteiger partial charge on any atom is 0.340 e. The molecule has 1 spiro atoms. The number of benzene rings is 4. The number of hydrogen-bond acceptors (Lipinski definition) is 6. The summed E-state index contributed by atoms with van der Waals surface area (Å²) in [4.78, 5) is 16.9. The molecule has 6 heteroatoms. The molecule has 1 unspecified atom stereocenters. The van der Waals surface area contributed by atoms with Crippen LogP contribution >= 0.6 is 11.8 Å². The number of carbonyl (C=O) groups excluding carboxylic acids is 1. The molecule has 0 fully saturated rings. The second-order valence-electron chi connectivity index (χ2n) is 10.6. The van der Waals surface area contributed by atoms with E-state index in [1.165, 1.54) is 0 Å². The quantitative estimate of drug-likeness (QED) is 0.153. The Morgan fingerprint density at radius 3 is 2.24 bits per heavy atom. The van der Waals surface area contributed by atoms with Crippen LogP contribution in [0.15, 0.2) is 89.8 Å². The summed E-state index contributed by atoms with van der Waals surface area (Å²) in [6, 6.07) is 28.4. The summed E-state index contributed by atoms with van der Waals surface area (Å²) in [7, 11) is 0. The maximum atomic E-state index is 13.4. The second-order valence-corrected chi connectivity index (χ2v) is 11.5. The highest BCUT2D eigenvalue weighted by atomic mass is 32.2. The van der Waals surface area contributed by atoms with E-state index in [1.54, 1.807) is 11.8 Å². The smallest absolute Gasteiger partial charge is 0.340 e. The van der Waals surface area contributed by atoms with E-state index in [2.05, 4.69) is 60.7 Å². The average molecular weight is 565 g/mol. The lowest BCUT2D eigenvalue weighted by atomic mass is 9.77. The molecule has 2 aliphatic rings. The fourth-order valence-electron chi connectivity index (χ4n) is 5.90. The van der Waals surface area contributed by atoms with Gasteiger partial charge < -0.3 is 19.7 Å². The standard InChI is InChI=1S/C35H36N2O3S/c1-4-6-19-37(20-7-5-2)25-17-18-28-31(21-25)39-32-23-33(41-3)30(36-24-13-9-8-10-14-24)22-29(32)35(28)27-16-12-11-15-26(27)34(38)40-35/h8-18,21-23,36H,4-7,19-20H2,1-3H3. The molecule has 4 aromatic carbocycles. The van der Waals surface area contributed by atoms with Gasteiger partial charge in [0.15, 0.2) is 5.60 Å². The topological polar surface area (TPSA) is 50.8 Å². The van der Waals surface area contributed by atoms with E-state index in [1.807, 2.05) is 54.6 Å². The molecule has 0 radical (unpaired) electrons. The van der Waals surface area contributed by atoms with Crippen molar-refractivity contribution in [2.24, 2.45) is 0 Å². The molecule has 0 bridgehead atoms. The van der Waals surface area contributed by atoms with Crippen molar-refractivity contribution in [3.05, 3.63) is 107 Å². The van der Waals surface area contributed by atoms with Gasteiger partial charge in [0, 0.05) is 52.1 Å². The zero-order valence-corrected chi connectivity index (χ0v) is 24.7. The number of anilines is 3. The van der Waals surface area contributed by atoms with Crippen LogP contribution in [0.3, 0.4) is 0 Å². The number of unbranched alkanes of at least 4 members (excludes halogenated alkanes) is 2.